The van der Waals surface area contributed by atoms with Crippen molar-refractivity contribution in [2.75, 3.05) is 25.0 Å². The molecule has 0 radical (unpaired) electrons. The highest BCUT2D eigenvalue weighted by Crippen LogP contribution is 2.32. The van der Waals surface area contributed by atoms with Crippen LogP contribution in [-0.2, 0) is 11.2 Å². The Balaban J connectivity index is 1.44. The molecule has 6 nitrogen and oxygen atoms in total. The van der Waals surface area contributed by atoms with E-state index in [0.29, 0.717) is 11.1 Å². The van der Waals surface area contributed by atoms with Crippen LogP contribution in [0.1, 0.15) is 52.7 Å². The smallest absolute Gasteiger partial charge is 0.268 e. The zero-order valence-electron chi connectivity index (χ0n) is 19.0. The third kappa shape index (κ3) is 5.14. The molecule has 176 valence electrons. The van der Waals surface area contributed by atoms with Gasteiger partial charge in [0.15, 0.2) is 5.78 Å². The molecule has 1 saturated heterocycles. The maximum Gasteiger partial charge on any atom is 0.268 e. The van der Waals surface area contributed by atoms with E-state index in [-0.39, 0.29) is 18.6 Å². The lowest BCUT2D eigenvalue weighted by atomic mass is 9.98. The molecule has 1 atom stereocenters. The number of likely N-dealkylation sites (tertiary alicyclic amines) is 1. The number of anilines is 1. The lowest BCUT2D eigenvalue weighted by molar-refractivity contribution is -0.132. The number of nitrogens with zero attached hydrogens (tertiary/aromatic N) is 4. The first kappa shape index (κ1) is 23.6. The summed E-state index contributed by atoms with van der Waals surface area (Å²) in [6, 6.07) is 8.47. The Labute approximate surface area is 197 Å². The van der Waals surface area contributed by atoms with E-state index < -0.39 is 30.8 Å². The summed E-state index contributed by atoms with van der Waals surface area (Å²) in [5.41, 5.74) is 4.58. The number of halogens is 2. The summed E-state index contributed by atoms with van der Waals surface area (Å²) < 4.78 is 27.2. The molecular formula is C26H26F2N4O2. The molecule has 8 heteroatoms. The van der Waals surface area contributed by atoms with Gasteiger partial charge >= 0.3 is 0 Å². The van der Waals surface area contributed by atoms with E-state index in [1.165, 1.54) is 17.4 Å². The molecule has 2 aromatic rings. The Hall–Kier alpha value is -3.60. The Morgan fingerprint density at radius 1 is 1.26 bits per heavy atom. The number of fused-ring (bicyclic) bond motifs is 1. The second-order valence-corrected chi connectivity index (χ2v) is 8.86. The molecule has 0 bridgehead atoms. The van der Waals surface area contributed by atoms with Crippen LogP contribution in [0.5, 0.6) is 0 Å². The number of nitriles is 1. The van der Waals surface area contributed by atoms with E-state index >= 15 is 0 Å². The molecule has 1 aromatic carbocycles. The molecule has 0 saturated carbocycles. The van der Waals surface area contributed by atoms with Crippen molar-refractivity contribution >= 4 is 29.5 Å². The molecule has 2 aliphatic rings. The van der Waals surface area contributed by atoms with Crippen LogP contribution in [0.4, 0.5) is 14.5 Å². The molecule has 4 rings (SSSR count). The summed E-state index contributed by atoms with van der Waals surface area (Å²) in [5, 5.41) is 9.08. The second-order valence-electron chi connectivity index (χ2n) is 8.86. The lowest BCUT2D eigenvalue weighted by Crippen LogP contribution is -2.36. The number of pyridine rings is 1. The predicted octanol–water partition coefficient (Wildman–Crippen LogP) is 4.36. The highest BCUT2D eigenvalue weighted by Gasteiger charge is 2.47. The Bertz CT molecular complexity index is 1170. The van der Waals surface area contributed by atoms with Gasteiger partial charge in [-0.15, -0.1) is 0 Å². The number of alkyl halides is 2. The van der Waals surface area contributed by atoms with Crippen LogP contribution in [0.15, 0.2) is 36.7 Å². The summed E-state index contributed by atoms with van der Waals surface area (Å²) >= 11 is 0. The van der Waals surface area contributed by atoms with Crippen molar-refractivity contribution in [1.82, 2.24) is 9.88 Å². The Morgan fingerprint density at radius 2 is 2.09 bits per heavy atom. The van der Waals surface area contributed by atoms with Crippen molar-refractivity contribution in [2.45, 2.75) is 44.1 Å². The third-order valence-electron chi connectivity index (χ3n) is 6.37. The number of hydrogen-bond acceptors (Lipinski definition) is 5. The van der Waals surface area contributed by atoms with Crippen molar-refractivity contribution in [3.05, 3.63) is 58.9 Å². The van der Waals surface area contributed by atoms with Gasteiger partial charge in [0.1, 0.15) is 6.04 Å². The van der Waals surface area contributed by atoms with Crippen molar-refractivity contribution < 1.29 is 18.4 Å². The summed E-state index contributed by atoms with van der Waals surface area (Å²) in [5.74, 6) is -3.96. The average Bonchev–Trinajstić information content (AvgIpc) is 3.16. The van der Waals surface area contributed by atoms with E-state index in [0.717, 1.165) is 29.8 Å². The number of ketones is 1. The zero-order chi connectivity index (χ0) is 24.3. The van der Waals surface area contributed by atoms with Crippen LogP contribution in [-0.4, -0.2) is 53.7 Å². The molecule has 0 spiro atoms. The van der Waals surface area contributed by atoms with Crippen LogP contribution in [0.3, 0.4) is 0 Å². The summed E-state index contributed by atoms with van der Waals surface area (Å²) in [4.78, 5) is 32.5. The van der Waals surface area contributed by atoms with E-state index in [9.17, 15) is 18.4 Å². The van der Waals surface area contributed by atoms with Gasteiger partial charge in [0.25, 0.3) is 5.92 Å². The van der Waals surface area contributed by atoms with Crippen molar-refractivity contribution in [1.29, 1.82) is 5.26 Å². The van der Waals surface area contributed by atoms with E-state index in [2.05, 4.69) is 29.1 Å². The minimum Gasteiger partial charge on any atom is -0.374 e. The minimum atomic E-state index is -3.07. The standard InChI is InChI=1S/C26H26F2N4O2/c1-31-12-2-3-19-13-18(5-7-23(19)31)4-6-20-16-30-11-10-22(20)24(33)8-9-25(34)32-17-26(27,28)14-21(32)15-29/h4-7,10-11,13,16,21H,2-3,8-9,12,14,17H2,1H3/b6-4+/t21-/m0/s1. The van der Waals surface area contributed by atoms with Gasteiger partial charge in [0.2, 0.25) is 5.91 Å². The first-order chi connectivity index (χ1) is 16.3. The summed E-state index contributed by atoms with van der Waals surface area (Å²) in [7, 11) is 2.08. The molecular weight excluding hydrogens is 438 g/mol. The number of aryl methyl sites for hydroxylation is 1. The van der Waals surface area contributed by atoms with E-state index in [4.69, 9.17) is 5.26 Å². The van der Waals surface area contributed by atoms with E-state index in [1.54, 1.807) is 18.3 Å². The highest BCUT2D eigenvalue weighted by atomic mass is 19.3. The Morgan fingerprint density at radius 3 is 2.88 bits per heavy atom. The molecule has 0 aliphatic carbocycles. The van der Waals surface area contributed by atoms with Gasteiger partial charge in [-0.05, 0) is 42.2 Å². The fraction of sp³-hybridized carbons (Fsp3) is 0.385. The fourth-order valence-electron chi connectivity index (χ4n) is 4.58. The number of rotatable bonds is 6. The van der Waals surface area contributed by atoms with Crippen molar-refractivity contribution in [3.8, 4) is 6.07 Å². The minimum absolute atomic E-state index is 0.130. The van der Waals surface area contributed by atoms with Crippen molar-refractivity contribution in [2.24, 2.45) is 0 Å². The summed E-state index contributed by atoms with van der Waals surface area (Å²) in [6.07, 6.45) is 7.97. The number of Topliss-reactive ketones (excluding diaryl/α,β-unsaturated/α-hetero) is 1. The molecule has 2 aliphatic heterocycles. The first-order valence-corrected chi connectivity index (χ1v) is 11.3. The van der Waals surface area contributed by atoms with Crippen LogP contribution < -0.4 is 4.90 Å². The van der Waals surface area contributed by atoms with Gasteiger partial charge < -0.3 is 9.80 Å². The normalized spacial score (nSPS) is 19.2. The number of aromatic nitrogens is 1. The van der Waals surface area contributed by atoms with Gasteiger partial charge in [-0.2, -0.15) is 5.26 Å². The molecule has 3 heterocycles. The quantitative estimate of drug-likeness (QED) is 0.594. The zero-order valence-corrected chi connectivity index (χ0v) is 19.0. The monoisotopic (exact) mass is 464 g/mol. The molecule has 1 amide bonds. The first-order valence-electron chi connectivity index (χ1n) is 11.3. The maximum absolute atomic E-state index is 13.6. The van der Waals surface area contributed by atoms with Crippen LogP contribution in [0.2, 0.25) is 0 Å². The van der Waals surface area contributed by atoms with Crippen LogP contribution >= 0.6 is 0 Å². The number of carbonyl (C=O) groups is 2. The SMILES string of the molecule is CN1CCCc2cc(/C=C/c3cnccc3C(=O)CCC(=O)N3CC(F)(F)C[C@H]3C#N)ccc21. The fourth-order valence-corrected chi connectivity index (χ4v) is 4.58. The topological polar surface area (TPSA) is 77.3 Å². The average molecular weight is 465 g/mol. The van der Waals surface area contributed by atoms with Crippen LogP contribution in [0, 0.1) is 11.3 Å². The van der Waals surface area contributed by atoms with Gasteiger partial charge in [0.05, 0.1) is 12.6 Å². The van der Waals surface area contributed by atoms with Gasteiger partial charge in [-0.3, -0.25) is 14.6 Å². The second kappa shape index (κ2) is 9.72. The number of carbonyl (C=O) groups excluding carboxylic acids is 2. The molecule has 0 unspecified atom stereocenters. The Kier molecular flexibility index (Phi) is 6.73. The number of benzene rings is 1. The predicted molar refractivity (Wildman–Crippen MR) is 125 cm³/mol. The van der Waals surface area contributed by atoms with Gasteiger partial charge in [0, 0.05) is 62.1 Å². The third-order valence-corrected chi connectivity index (χ3v) is 6.37. The number of hydrogen-bond donors (Lipinski definition) is 0. The van der Waals surface area contributed by atoms with Crippen LogP contribution in [0.25, 0.3) is 12.2 Å². The molecule has 34 heavy (non-hydrogen) atoms. The summed E-state index contributed by atoms with van der Waals surface area (Å²) in [6.45, 7) is 0.265. The molecule has 0 N–H and O–H groups in total. The van der Waals surface area contributed by atoms with Gasteiger partial charge in [-0.1, -0.05) is 18.2 Å². The van der Waals surface area contributed by atoms with Gasteiger partial charge in [-0.25, -0.2) is 8.78 Å². The lowest BCUT2D eigenvalue weighted by Gasteiger charge is -2.27. The molecule has 1 fully saturated rings. The largest absolute Gasteiger partial charge is 0.374 e. The van der Waals surface area contributed by atoms with E-state index in [1.807, 2.05) is 18.2 Å². The molecule has 1 aromatic heterocycles. The highest BCUT2D eigenvalue weighted by molar-refractivity contribution is 6.01. The maximum atomic E-state index is 13.6. The number of amides is 1. The van der Waals surface area contributed by atoms with Crippen molar-refractivity contribution in [3.63, 3.8) is 0 Å².